The predicted molar refractivity (Wildman–Crippen MR) is 105 cm³/mol. The minimum Gasteiger partial charge on any atom is -0.402 e. The standard InChI is InChI=1S/C20H18INO2/c1-20(2,3)14-10-8-13(9-11-14)12-17-19(23)24-18(22-17)15-6-4-5-7-16(15)21/h4-12H,1-3H3. The molecule has 0 N–H and O–H groups in total. The predicted octanol–water partition coefficient (Wildman–Crippen LogP) is 4.93. The average molecular weight is 431 g/mol. The van der Waals surface area contributed by atoms with Crippen molar-refractivity contribution >= 4 is 40.5 Å². The van der Waals surface area contributed by atoms with Gasteiger partial charge in [-0.05, 0) is 57.3 Å². The minimum absolute atomic E-state index is 0.104. The second-order valence-electron chi connectivity index (χ2n) is 6.69. The Bertz CT molecular complexity index is 843. The fourth-order valence-electron chi connectivity index (χ4n) is 2.40. The third kappa shape index (κ3) is 3.59. The van der Waals surface area contributed by atoms with Crippen molar-refractivity contribution in [3.05, 3.63) is 74.5 Å². The Balaban J connectivity index is 1.90. The van der Waals surface area contributed by atoms with Crippen molar-refractivity contribution in [1.29, 1.82) is 0 Å². The van der Waals surface area contributed by atoms with E-state index in [9.17, 15) is 4.79 Å². The first-order valence-corrected chi connectivity index (χ1v) is 8.80. The zero-order valence-corrected chi connectivity index (χ0v) is 16.0. The molecule has 3 nitrogen and oxygen atoms in total. The van der Waals surface area contributed by atoms with Crippen LogP contribution in [0.15, 0.2) is 59.2 Å². The van der Waals surface area contributed by atoms with Crippen molar-refractivity contribution in [1.82, 2.24) is 0 Å². The number of cyclic esters (lactones) is 1. The van der Waals surface area contributed by atoms with Crippen LogP contribution in [0.2, 0.25) is 0 Å². The lowest BCUT2D eigenvalue weighted by Crippen LogP contribution is -2.10. The van der Waals surface area contributed by atoms with E-state index in [0.29, 0.717) is 11.6 Å². The summed E-state index contributed by atoms with van der Waals surface area (Å²) < 4.78 is 6.33. The number of esters is 1. The smallest absolute Gasteiger partial charge is 0.363 e. The number of rotatable bonds is 2. The Hall–Kier alpha value is -1.95. The molecule has 2 aromatic carbocycles. The molecule has 0 spiro atoms. The number of hydrogen-bond donors (Lipinski definition) is 0. The van der Waals surface area contributed by atoms with Crippen LogP contribution in [0, 0.1) is 3.57 Å². The lowest BCUT2D eigenvalue weighted by Gasteiger charge is -2.18. The van der Waals surface area contributed by atoms with Crippen molar-refractivity contribution < 1.29 is 9.53 Å². The second kappa shape index (κ2) is 6.51. The van der Waals surface area contributed by atoms with Crippen molar-refractivity contribution in [2.45, 2.75) is 26.2 Å². The maximum atomic E-state index is 12.1. The van der Waals surface area contributed by atoms with Crippen LogP contribution in [-0.4, -0.2) is 11.9 Å². The van der Waals surface area contributed by atoms with Gasteiger partial charge in [0, 0.05) is 3.57 Å². The SMILES string of the molecule is CC(C)(C)c1ccc(C=C2N=C(c3ccccc3I)OC2=O)cc1. The first kappa shape index (κ1) is 16.9. The van der Waals surface area contributed by atoms with Gasteiger partial charge in [0.2, 0.25) is 5.90 Å². The third-order valence-corrected chi connectivity index (χ3v) is 4.75. The van der Waals surface area contributed by atoms with Crippen LogP contribution in [0.4, 0.5) is 0 Å². The zero-order valence-electron chi connectivity index (χ0n) is 13.8. The minimum atomic E-state index is -0.412. The molecule has 4 heteroatoms. The molecule has 1 aliphatic rings. The molecule has 0 aromatic heterocycles. The number of halogens is 1. The number of nitrogens with zero attached hydrogens (tertiary/aromatic N) is 1. The van der Waals surface area contributed by atoms with Crippen LogP contribution in [0.1, 0.15) is 37.5 Å². The summed E-state index contributed by atoms with van der Waals surface area (Å²) in [5.41, 5.74) is 3.45. The van der Waals surface area contributed by atoms with Gasteiger partial charge in [0.1, 0.15) is 0 Å². The molecule has 0 atom stereocenters. The van der Waals surface area contributed by atoms with Crippen molar-refractivity contribution in [3.63, 3.8) is 0 Å². The number of benzene rings is 2. The average Bonchev–Trinajstić information content (AvgIpc) is 2.88. The molecule has 0 saturated carbocycles. The molecule has 122 valence electrons. The molecule has 0 aliphatic carbocycles. The molecule has 2 aromatic rings. The van der Waals surface area contributed by atoms with Gasteiger partial charge in [-0.15, -0.1) is 0 Å². The fraction of sp³-hybridized carbons (Fsp3) is 0.200. The molecule has 0 fully saturated rings. The molecular formula is C20H18INO2. The topological polar surface area (TPSA) is 38.7 Å². The van der Waals surface area contributed by atoms with E-state index in [1.807, 2.05) is 36.4 Å². The molecule has 0 amide bonds. The summed E-state index contributed by atoms with van der Waals surface area (Å²) in [5.74, 6) is -0.0490. The van der Waals surface area contributed by atoms with Gasteiger partial charge in [0.15, 0.2) is 5.70 Å². The summed E-state index contributed by atoms with van der Waals surface area (Å²) >= 11 is 2.21. The summed E-state index contributed by atoms with van der Waals surface area (Å²) in [6, 6.07) is 15.9. The van der Waals surface area contributed by atoms with Gasteiger partial charge in [0.25, 0.3) is 0 Å². The van der Waals surface area contributed by atoms with Gasteiger partial charge in [-0.3, -0.25) is 0 Å². The van der Waals surface area contributed by atoms with Crippen molar-refractivity contribution in [2.24, 2.45) is 4.99 Å². The summed E-state index contributed by atoms with van der Waals surface area (Å²) in [4.78, 5) is 16.5. The lowest BCUT2D eigenvalue weighted by atomic mass is 9.87. The Morgan fingerprint density at radius 1 is 1.04 bits per heavy atom. The monoisotopic (exact) mass is 431 g/mol. The first-order chi connectivity index (χ1) is 11.3. The second-order valence-corrected chi connectivity index (χ2v) is 7.85. The van der Waals surface area contributed by atoms with E-state index in [-0.39, 0.29) is 5.41 Å². The molecule has 1 aliphatic heterocycles. The fourth-order valence-corrected chi connectivity index (χ4v) is 3.01. The number of carbonyl (C=O) groups is 1. The molecule has 0 saturated heterocycles. The molecule has 3 rings (SSSR count). The Kier molecular flexibility index (Phi) is 4.58. The maximum Gasteiger partial charge on any atom is 0.363 e. The molecule has 0 radical (unpaired) electrons. The van der Waals surface area contributed by atoms with Crippen LogP contribution < -0.4 is 0 Å². The van der Waals surface area contributed by atoms with Gasteiger partial charge >= 0.3 is 5.97 Å². The number of carbonyl (C=O) groups excluding carboxylic acids is 1. The van der Waals surface area contributed by atoms with Crippen LogP contribution in [0.3, 0.4) is 0 Å². The number of aliphatic imine (C=N–C) groups is 1. The normalized spacial score (nSPS) is 16.2. The molecule has 24 heavy (non-hydrogen) atoms. The Labute approximate surface area is 155 Å². The zero-order chi connectivity index (χ0) is 17.3. The van der Waals surface area contributed by atoms with Crippen molar-refractivity contribution in [2.75, 3.05) is 0 Å². The van der Waals surface area contributed by atoms with Gasteiger partial charge in [-0.25, -0.2) is 9.79 Å². The highest BCUT2D eigenvalue weighted by Crippen LogP contribution is 2.25. The molecule has 0 unspecified atom stereocenters. The van der Waals surface area contributed by atoms with Crippen LogP contribution in [0.25, 0.3) is 6.08 Å². The van der Waals surface area contributed by atoms with Crippen LogP contribution in [-0.2, 0) is 14.9 Å². The van der Waals surface area contributed by atoms with Gasteiger partial charge < -0.3 is 4.74 Å². The van der Waals surface area contributed by atoms with E-state index in [1.54, 1.807) is 6.08 Å². The van der Waals surface area contributed by atoms with E-state index in [2.05, 4.69) is 60.5 Å². The highest BCUT2D eigenvalue weighted by Gasteiger charge is 2.25. The quantitative estimate of drug-likeness (QED) is 0.384. The first-order valence-electron chi connectivity index (χ1n) is 7.72. The van der Waals surface area contributed by atoms with Gasteiger partial charge in [-0.1, -0.05) is 57.2 Å². The van der Waals surface area contributed by atoms with Gasteiger partial charge in [0.05, 0.1) is 5.56 Å². The molecule has 1 heterocycles. The van der Waals surface area contributed by atoms with E-state index in [4.69, 9.17) is 4.74 Å². The number of ether oxygens (including phenoxy) is 1. The van der Waals surface area contributed by atoms with E-state index < -0.39 is 5.97 Å². The highest BCUT2D eigenvalue weighted by atomic mass is 127. The van der Waals surface area contributed by atoms with Crippen LogP contribution >= 0.6 is 22.6 Å². The molecule has 0 bridgehead atoms. The summed E-state index contributed by atoms with van der Waals surface area (Å²) in [6.45, 7) is 6.52. The Morgan fingerprint density at radius 2 is 1.71 bits per heavy atom. The summed E-state index contributed by atoms with van der Waals surface area (Å²) in [6.07, 6.45) is 1.76. The molecular weight excluding hydrogens is 413 g/mol. The van der Waals surface area contributed by atoms with Crippen molar-refractivity contribution in [3.8, 4) is 0 Å². The number of hydrogen-bond acceptors (Lipinski definition) is 3. The highest BCUT2D eigenvalue weighted by molar-refractivity contribution is 14.1. The third-order valence-electron chi connectivity index (χ3n) is 3.80. The van der Waals surface area contributed by atoms with Crippen LogP contribution in [0.5, 0.6) is 0 Å². The van der Waals surface area contributed by atoms with E-state index in [1.165, 1.54) is 5.56 Å². The largest absolute Gasteiger partial charge is 0.402 e. The van der Waals surface area contributed by atoms with Gasteiger partial charge in [-0.2, -0.15) is 0 Å². The summed E-state index contributed by atoms with van der Waals surface area (Å²) in [7, 11) is 0. The Morgan fingerprint density at radius 3 is 2.33 bits per heavy atom. The van der Waals surface area contributed by atoms with E-state index in [0.717, 1.165) is 14.7 Å². The summed E-state index contributed by atoms with van der Waals surface area (Å²) in [5, 5.41) is 0. The van der Waals surface area contributed by atoms with E-state index >= 15 is 0 Å². The lowest BCUT2D eigenvalue weighted by molar-refractivity contribution is -0.129. The maximum absolute atomic E-state index is 12.1.